The molecule has 0 unspecified atom stereocenters. The molecule has 1 aromatic carbocycles. The molecule has 0 spiro atoms. The number of hydrogen-bond donors (Lipinski definition) is 0. The van der Waals surface area contributed by atoms with Crippen LogP contribution in [-0.2, 0) is 11.8 Å². The Hall–Kier alpha value is -0.490. The van der Waals surface area contributed by atoms with Gasteiger partial charge < -0.3 is 0 Å². The molecule has 0 fully saturated rings. The van der Waals surface area contributed by atoms with Crippen LogP contribution in [-0.4, -0.2) is 5.88 Å². The first-order valence-electron chi connectivity index (χ1n) is 5.25. The summed E-state index contributed by atoms with van der Waals surface area (Å²) in [4.78, 5) is 0. The molecule has 1 rings (SSSR count). The molecular formula is C13H19Cl. The average Bonchev–Trinajstić information content (AvgIpc) is 2.19. The van der Waals surface area contributed by atoms with E-state index in [0.29, 0.717) is 5.88 Å². The molecule has 1 aromatic rings. The number of hydrogen-bond acceptors (Lipinski definition) is 0. The lowest BCUT2D eigenvalue weighted by molar-refractivity contribution is 0.597. The van der Waals surface area contributed by atoms with Crippen molar-refractivity contribution in [1.29, 1.82) is 0 Å². The minimum atomic E-state index is 0.0896. The molecule has 0 aliphatic rings. The van der Waals surface area contributed by atoms with E-state index in [2.05, 4.69) is 45.0 Å². The van der Waals surface area contributed by atoms with Gasteiger partial charge in [0.05, 0.1) is 0 Å². The molecule has 0 N–H and O–H groups in total. The van der Waals surface area contributed by atoms with E-state index in [1.54, 1.807) is 0 Å². The van der Waals surface area contributed by atoms with Crippen LogP contribution in [0.3, 0.4) is 0 Å². The van der Waals surface area contributed by atoms with Gasteiger partial charge in [0.15, 0.2) is 0 Å². The third-order valence-electron chi connectivity index (χ3n) is 2.61. The summed E-state index contributed by atoms with van der Waals surface area (Å²) in [6, 6.07) is 8.83. The lowest BCUT2D eigenvalue weighted by Gasteiger charge is -2.22. The minimum absolute atomic E-state index is 0.0896. The summed E-state index contributed by atoms with van der Waals surface area (Å²) in [7, 11) is 0. The molecule has 0 bridgehead atoms. The van der Waals surface area contributed by atoms with Gasteiger partial charge in [-0.15, -0.1) is 11.6 Å². The van der Waals surface area contributed by atoms with Crippen molar-refractivity contribution in [3.63, 3.8) is 0 Å². The minimum Gasteiger partial charge on any atom is -0.126 e. The fraction of sp³-hybridized carbons (Fsp3) is 0.538. The highest BCUT2D eigenvalue weighted by atomic mass is 35.5. The number of halogens is 1. The quantitative estimate of drug-likeness (QED) is 0.655. The van der Waals surface area contributed by atoms with Crippen molar-refractivity contribution >= 4 is 11.6 Å². The van der Waals surface area contributed by atoms with Crippen molar-refractivity contribution in [3.05, 3.63) is 35.4 Å². The van der Waals surface area contributed by atoms with E-state index in [9.17, 15) is 0 Å². The summed E-state index contributed by atoms with van der Waals surface area (Å²) in [5, 5.41) is 0. The van der Waals surface area contributed by atoms with Crippen molar-refractivity contribution < 1.29 is 0 Å². The Labute approximate surface area is 92.3 Å². The normalized spacial score (nSPS) is 11.7. The molecule has 0 amide bonds. The van der Waals surface area contributed by atoms with E-state index >= 15 is 0 Å². The Balaban J connectivity index is 2.82. The van der Waals surface area contributed by atoms with Gasteiger partial charge in [-0.25, -0.2) is 0 Å². The highest BCUT2D eigenvalue weighted by Crippen LogP contribution is 2.24. The zero-order valence-electron chi connectivity index (χ0n) is 9.31. The fourth-order valence-electron chi connectivity index (χ4n) is 1.49. The summed E-state index contributed by atoms with van der Waals surface area (Å²) < 4.78 is 0. The van der Waals surface area contributed by atoms with Crippen LogP contribution in [0.25, 0.3) is 0 Å². The van der Waals surface area contributed by atoms with Gasteiger partial charge in [-0.3, -0.25) is 0 Å². The zero-order valence-corrected chi connectivity index (χ0v) is 10.1. The monoisotopic (exact) mass is 210 g/mol. The third-order valence-corrected chi connectivity index (χ3v) is 3.28. The van der Waals surface area contributed by atoms with Gasteiger partial charge in [-0.1, -0.05) is 51.5 Å². The summed E-state index contributed by atoms with van der Waals surface area (Å²) in [5.74, 6) is 0.667. The Morgan fingerprint density at radius 2 is 1.71 bits per heavy atom. The predicted molar refractivity (Wildman–Crippen MR) is 64.2 cm³/mol. The van der Waals surface area contributed by atoms with Crippen molar-refractivity contribution in [1.82, 2.24) is 0 Å². The second-order valence-electron chi connectivity index (χ2n) is 4.46. The zero-order chi connectivity index (χ0) is 10.6. The van der Waals surface area contributed by atoms with Gasteiger partial charge in [-0.05, 0) is 17.5 Å². The van der Waals surface area contributed by atoms with E-state index < -0.39 is 0 Å². The summed E-state index contributed by atoms with van der Waals surface area (Å²) in [6.45, 7) is 6.56. The van der Waals surface area contributed by atoms with Crippen molar-refractivity contribution in [2.75, 3.05) is 5.88 Å². The first-order chi connectivity index (χ1) is 6.60. The van der Waals surface area contributed by atoms with E-state index in [-0.39, 0.29) is 5.41 Å². The molecule has 0 aliphatic heterocycles. The van der Waals surface area contributed by atoms with Gasteiger partial charge in [0.2, 0.25) is 0 Å². The molecule has 0 saturated heterocycles. The molecule has 0 saturated carbocycles. The first-order valence-corrected chi connectivity index (χ1v) is 5.79. The lowest BCUT2D eigenvalue weighted by atomic mass is 9.86. The highest BCUT2D eigenvalue weighted by Gasteiger charge is 2.18. The second-order valence-corrected chi connectivity index (χ2v) is 4.73. The van der Waals surface area contributed by atoms with Crippen molar-refractivity contribution in [3.8, 4) is 0 Å². The summed E-state index contributed by atoms with van der Waals surface area (Å²) in [6.07, 6.45) is 2.37. The van der Waals surface area contributed by atoms with Crippen LogP contribution >= 0.6 is 11.6 Å². The molecular weight excluding hydrogens is 192 g/mol. The van der Waals surface area contributed by atoms with Gasteiger partial charge in [0, 0.05) is 11.3 Å². The van der Waals surface area contributed by atoms with Crippen LogP contribution in [0.5, 0.6) is 0 Å². The number of aryl methyl sites for hydroxylation is 1. The second kappa shape index (κ2) is 4.84. The number of benzene rings is 1. The Morgan fingerprint density at radius 1 is 1.14 bits per heavy atom. The third kappa shape index (κ3) is 2.75. The van der Waals surface area contributed by atoms with Crippen molar-refractivity contribution in [2.45, 2.75) is 39.0 Å². The van der Waals surface area contributed by atoms with E-state index in [1.807, 2.05) is 0 Å². The molecule has 1 heteroatoms. The smallest absolute Gasteiger partial charge is 0.0315 e. The average molecular weight is 211 g/mol. The topological polar surface area (TPSA) is 0 Å². The maximum Gasteiger partial charge on any atom is 0.0315 e. The molecule has 0 aliphatic carbocycles. The first kappa shape index (κ1) is 11.6. The van der Waals surface area contributed by atoms with Crippen LogP contribution < -0.4 is 0 Å². The van der Waals surface area contributed by atoms with E-state index in [1.165, 1.54) is 24.0 Å². The summed E-state index contributed by atoms with van der Waals surface area (Å²) >= 11 is 5.93. The lowest BCUT2D eigenvalue weighted by Crippen LogP contribution is -2.18. The Kier molecular flexibility index (Phi) is 4.00. The highest BCUT2D eigenvalue weighted by molar-refractivity contribution is 6.18. The van der Waals surface area contributed by atoms with E-state index in [0.717, 1.165) is 0 Å². The van der Waals surface area contributed by atoms with Crippen LogP contribution in [0.1, 0.15) is 38.3 Å². The maximum atomic E-state index is 5.93. The van der Waals surface area contributed by atoms with Crippen LogP contribution in [0.15, 0.2) is 24.3 Å². The van der Waals surface area contributed by atoms with Crippen LogP contribution in [0.2, 0.25) is 0 Å². The number of alkyl halides is 1. The molecule has 0 heterocycles. The predicted octanol–water partition coefficient (Wildman–Crippen LogP) is 4.16. The summed E-state index contributed by atoms with van der Waals surface area (Å²) in [5.41, 5.74) is 2.83. The maximum absolute atomic E-state index is 5.93. The van der Waals surface area contributed by atoms with Gasteiger partial charge >= 0.3 is 0 Å². The standard InChI is InChI=1S/C13H19Cl/c1-4-5-11-6-8-12(9-7-11)13(2,3)10-14/h6-9H,4-5,10H2,1-3H3. The Morgan fingerprint density at radius 3 is 2.14 bits per heavy atom. The van der Waals surface area contributed by atoms with Crippen LogP contribution in [0, 0.1) is 0 Å². The molecule has 0 radical (unpaired) electrons. The van der Waals surface area contributed by atoms with Gasteiger partial charge in [0.1, 0.15) is 0 Å². The Bertz CT molecular complexity index is 272. The molecule has 0 nitrogen and oxygen atoms in total. The molecule has 78 valence electrons. The number of rotatable bonds is 4. The van der Waals surface area contributed by atoms with Crippen LogP contribution in [0.4, 0.5) is 0 Å². The SMILES string of the molecule is CCCc1ccc(C(C)(C)CCl)cc1. The molecule has 0 atom stereocenters. The van der Waals surface area contributed by atoms with Gasteiger partial charge in [-0.2, -0.15) is 0 Å². The fourth-order valence-corrected chi connectivity index (χ4v) is 1.64. The molecule has 0 aromatic heterocycles. The van der Waals surface area contributed by atoms with Gasteiger partial charge in [0.25, 0.3) is 0 Å². The van der Waals surface area contributed by atoms with Crippen molar-refractivity contribution in [2.24, 2.45) is 0 Å². The molecule has 14 heavy (non-hydrogen) atoms. The van der Waals surface area contributed by atoms with E-state index in [4.69, 9.17) is 11.6 Å². The largest absolute Gasteiger partial charge is 0.126 e.